The van der Waals surface area contributed by atoms with Crippen LogP contribution in [0.4, 0.5) is 13.6 Å². The second kappa shape index (κ2) is 7.35. The first-order valence-corrected chi connectivity index (χ1v) is 9.50. The van der Waals surface area contributed by atoms with Gasteiger partial charge in [-0.25, -0.2) is 13.6 Å². The number of halogens is 2. The topological polar surface area (TPSA) is 29.5 Å². The quantitative estimate of drug-likeness (QED) is 0.723. The van der Waals surface area contributed by atoms with Gasteiger partial charge in [-0.3, -0.25) is 4.90 Å². The van der Waals surface area contributed by atoms with Crippen molar-refractivity contribution < 1.29 is 18.3 Å². The monoisotopic (exact) mass is 321 g/mol. The number of rotatable bonds is 5. The highest BCUT2D eigenvalue weighted by Gasteiger charge is 2.42. The van der Waals surface area contributed by atoms with E-state index in [1.54, 1.807) is 6.92 Å². The van der Waals surface area contributed by atoms with Gasteiger partial charge in [0.05, 0.1) is 6.54 Å². The molecule has 6 heteroatoms. The molecule has 0 radical (unpaired) electrons. The zero-order valence-electron chi connectivity index (χ0n) is 13.2. The molecule has 0 aromatic heterocycles. The summed E-state index contributed by atoms with van der Waals surface area (Å²) in [5.74, 6) is 3.29. The van der Waals surface area contributed by atoms with Gasteiger partial charge in [0.2, 0.25) is 0 Å². The minimum absolute atomic E-state index is 0.362. The second-order valence-electron chi connectivity index (χ2n) is 5.28. The number of nitrogens with zero attached hydrogens (tertiary/aromatic N) is 1. The fourth-order valence-corrected chi connectivity index (χ4v) is 4.27. The van der Waals surface area contributed by atoms with E-state index < -0.39 is 35.2 Å². The SMILES string of the molecule is CCS(C#CC[C@H](C)N1CC(F)(F)COC1=O)(CC)CC. The lowest BCUT2D eigenvalue weighted by Crippen LogP contribution is -2.52. The van der Waals surface area contributed by atoms with E-state index in [9.17, 15) is 13.6 Å². The van der Waals surface area contributed by atoms with Crippen molar-refractivity contribution in [2.24, 2.45) is 0 Å². The van der Waals surface area contributed by atoms with Crippen LogP contribution in [-0.2, 0) is 4.74 Å². The molecule has 0 aliphatic carbocycles. The van der Waals surface area contributed by atoms with Crippen LogP contribution < -0.4 is 0 Å². The molecule has 122 valence electrons. The van der Waals surface area contributed by atoms with Gasteiger partial charge in [0.25, 0.3) is 5.92 Å². The van der Waals surface area contributed by atoms with Crippen molar-refractivity contribution in [2.45, 2.75) is 46.1 Å². The standard InChI is InChI=1S/C15H25F2NO2S/c1-5-21(6-2,7-3)10-8-9-13(4)18-11-15(16,17)12-20-14(18)19/h13H,5-7,9,11-12H2,1-4H3/t13-/m0/s1. The summed E-state index contributed by atoms with van der Waals surface area (Å²) in [7, 11) is -0.917. The lowest BCUT2D eigenvalue weighted by Gasteiger charge is -2.35. The van der Waals surface area contributed by atoms with Crippen molar-refractivity contribution in [2.75, 3.05) is 30.4 Å². The third-order valence-electron chi connectivity index (χ3n) is 3.92. The average Bonchev–Trinajstić information content (AvgIpc) is 2.46. The largest absolute Gasteiger partial charge is 0.443 e. The fourth-order valence-electron chi connectivity index (χ4n) is 2.23. The Morgan fingerprint density at radius 3 is 2.43 bits per heavy atom. The number of ether oxygens (including phenoxy) is 1. The zero-order chi connectivity index (χ0) is 16.1. The Balaban J connectivity index is 2.69. The summed E-state index contributed by atoms with van der Waals surface area (Å²) >= 11 is 0. The Bertz CT molecular complexity index is 419. The van der Waals surface area contributed by atoms with Gasteiger partial charge in [-0.05, 0) is 24.2 Å². The average molecular weight is 321 g/mol. The molecular formula is C15H25F2NO2S. The molecule has 3 nitrogen and oxygen atoms in total. The van der Waals surface area contributed by atoms with Crippen molar-refractivity contribution in [1.82, 2.24) is 4.90 Å². The van der Waals surface area contributed by atoms with Gasteiger partial charge in [0.1, 0.15) is 0 Å². The van der Waals surface area contributed by atoms with E-state index in [1.807, 2.05) is 0 Å². The van der Waals surface area contributed by atoms with Crippen LogP contribution in [0.1, 0.15) is 34.1 Å². The maximum absolute atomic E-state index is 13.3. The minimum atomic E-state index is -2.97. The summed E-state index contributed by atoms with van der Waals surface area (Å²) < 4.78 is 31.2. The van der Waals surface area contributed by atoms with E-state index in [0.717, 1.165) is 22.2 Å². The Labute approximate surface area is 127 Å². The highest BCUT2D eigenvalue weighted by molar-refractivity contribution is 8.37. The van der Waals surface area contributed by atoms with Crippen LogP contribution in [0.25, 0.3) is 0 Å². The van der Waals surface area contributed by atoms with E-state index in [2.05, 4.69) is 36.7 Å². The molecule has 0 aromatic rings. The Hall–Kier alpha value is -0.960. The van der Waals surface area contributed by atoms with E-state index in [0.29, 0.717) is 6.42 Å². The maximum Gasteiger partial charge on any atom is 0.410 e. The van der Waals surface area contributed by atoms with Crippen LogP contribution in [0.5, 0.6) is 0 Å². The van der Waals surface area contributed by atoms with Crippen LogP contribution in [0.15, 0.2) is 0 Å². The number of hydrogen-bond donors (Lipinski definition) is 0. The molecule has 1 aliphatic heterocycles. The van der Waals surface area contributed by atoms with E-state index >= 15 is 0 Å². The zero-order valence-corrected chi connectivity index (χ0v) is 14.1. The third kappa shape index (κ3) is 4.77. The summed E-state index contributed by atoms with van der Waals surface area (Å²) in [4.78, 5) is 12.7. The smallest absolute Gasteiger partial charge is 0.410 e. The van der Waals surface area contributed by atoms with Crippen molar-refractivity contribution in [3.63, 3.8) is 0 Å². The molecule has 0 saturated carbocycles. The molecular weight excluding hydrogens is 296 g/mol. The molecule has 1 atom stereocenters. The number of hydrogen-bond acceptors (Lipinski definition) is 2. The lowest BCUT2D eigenvalue weighted by atomic mass is 10.2. The number of carbonyl (C=O) groups excluding carboxylic acids is 1. The molecule has 1 rings (SSSR count). The molecule has 0 N–H and O–H groups in total. The first kappa shape index (κ1) is 18.1. The molecule has 21 heavy (non-hydrogen) atoms. The second-order valence-corrected chi connectivity index (χ2v) is 9.31. The molecule has 1 amide bonds. The molecule has 1 aliphatic rings. The van der Waals surface area contributed by atoms with Gasteiger partial charge in [0, 0.05) is 12.5 Å². The Morgan fingerprint density at radius 1 is 1.33 bits per heavy atom. The highest BCUT2D eigenvalue weighted by atomic mass is 32.3. The summed E-state index contributed by atoms with van der Waals surface area (Å²) in [6, 6.07) is -0.362. The minimum Gasteiger partial charge on any atom is -0.443 e. The highest BCUT2D eigenvalue weighted by Crippen LogP contribution is 2.45. The first-order valence-electron chi connectivity index (χ1n) is 7.36. The molecule has 1 heterocycles. The van der Waals surface area contributed by atoms with Crippen molar-refractivity contribution >= 4 is 16.1 Å². The molecule has 1 fully saturated rings. The molecule has 0 unspecified atom stereocenters. The number of alkyl halides is 2. The molecule has 0 spiro atoms. The molecule has 0 aromatic carbocycles. The number of amides is 1. The molecule has 0 bridgehead atoms. The van der Waals surface area contributed by atoms with Crippen molar-refractivity contribution in [3.05, 3.63) is 0 Å². The van der Waals surface area contributed by atoms with E-state index in [4.69, 9.17) is 0 Å². The normalized spacial score (nSPS) is 20.3. The van der Waals surface area contributed by atoms with Crippen LogP contribution in [0.3, 0.4) is 0 Å². The van der Waals surface area contributed by atoms with Gasteiger partial charge < -0.3 is 4.74 Å². The summed E-state index contributed by atoms with van der Waals surface area (Å²) in [5, 5.41) is 3.35. The van der Waals surface area contributed by atoms with Crippen LogP contribution >= 0.6 is 10.0 Å². The summed E-state index contributed by atoms with van der Waals surface area (Å²) in [6.07, 6.45) is -0.268. The predicted octanol–water partition coefficient (Wildman–Crippen LogP) is 3.68. The third-order valence-corrected chi connectivity index (χ3v) is 7.81. The van der Waals surface area contributed by atoms with Crippen molar-refractivity contribution in [1.29, 1.82) is 0 Å². The maximum atomic E-state index is 13.3. The van der Waals surface area contributed by atoms with Crippen LogP contribution in [0.2, 0.25) is 0 Å². The number of cyclic esters (lactones) is 1. The lowest BCUT2D eigenvalue weighted by molar-refractivity contribution is -0.112. The summed E-state index contributed by atoms with van der Waals surface area (Å²) in [6.45, 7) is 6.75. The van der Waals surface area contributed by atoms with Gasteiger partial charge in [-0.2, -0.15) is 10.0 Å². The van der Waals surface area contributed by atoms with E-state index in [1.165, 1.54) is 0 Å². The van der Waals surface area contributed by atoms with Crippen molar-refractivity contribution in [3.8, 4) is 11.2 Å². The van der Waals surface area contributed by atoms with Crippen LogP contribution in [0, 0.1) is 11.2 Å². The first-order chi connectivity index (χ1) is 9.79. The Kier molecular flexibility index (Phi) is 6.33. The van der Waals surface area contributed by atoms with Gasteiger partial charge >= 0.3 is 6.09 Å². The Morgan fingerprint density at radius 2 is 1.90 bits per heavy atom. The van der Waals surface area contributed by atoms with Gasteiger partial charge in [0.15, 0.2) is 6.61 Å². The van der Waals surface area contributed by atoms with Crippen LogP contribution in [-0.4, -0.2) is 53.4 Å². The fraction of sp³-hybridized carbons (Fsp3) is 0.800. The van der Waals surface area contributed by atoms with Gasteiger partial charge in [-0.1, -0.05) is 31.9 Å². The molecule has 1 saturated heterocycles. The summed E-state index contributed by atoms with van der Waals surface area (Å²) in [5.41, 5.74) is 0. The predicted molar refractivity (Wildman–Crippen MR) is 84.1 cm³/mol. The van der Waals surface area contributed by atoms with Gasteiger partial charge in [-0.15, -0.1) is 0 Å². The van der Waals surface area contributed by atoms with E-state index in [-0.39, 0.29) is 6.04 Å². The number of carbonyl (C=O) groups is 1.